The van der Waals surface area contributed by atoms with Gasteiger partial charge >= 0.3 is 0 Å². The summed E-state index contributed by atoms with van der Waals surface area (Å²) in [5, 5.41) is 0.917. The fraction of sp³-hybridized carbons (Fsp3) is 0.0769. The van der Waals surface area contributed by atoms with Crippen molar-refractivity contribution >= 4 is 39.1 Å². The Balaban J connectivity index is 2.51. The molecule has 0 saturated heterocycles. The Morgan fingerprint density at radius 3 is 2.44 bits per heavy atom. The van der Waals surface area contributed by atoms with E-state index in [9.17, 15) is 8.78 Å². The Bertz CT molecular complexity index is 585. The van der Waals surface area contributed by atoms with E-state index < -0.39 is 16.5 Å². The fourth-order valence-corrected chi connectivity index (χ4v) is 2.86. The van der Waals surface area contributed by atoms with Gasteiger partial charge in [0.2, 0.25) is 0 Å². The SMILES string of the molecule is Fc1cccc(C(Br)c2cc(Cl)ccc2Cl)c1F. The molecule has 5 heteroatoms. The van der Waals surface area contributed by atoms with Crippen LogP contribution >= 0.6 is 39.1 Å². The fourth-order valence-electron chi connectivity index (χ4n) is 1.59. The molecule has 0 fully saturated rings. The summed E-state index contributed by atoms with van der Waals surface area (Å²) < 4.78 is 26.9. The summed E-state index contributed by atoms with van der Waals surface area (Å²) in [6.07, 6.45) is 0. The van der Waals surface area contributed by atoms with E-state index in [0.29, 0.717) is 15.6 Å². The quantitative estimate of drug-likeness (QED) is 0.604. The van der Waals surface area contributed by atoms with Gasteiger partial charge in [0.25, 0.3) is 0 Å². The lowest BCUT2D eigenvalue weighted by molar-refractivity contribution is 0.500. The first kappa shape index (κ1) is 13.8. The van der Waals surface area contributed by atoms with Crippen LogP contribution in [0.3, 0.4) is 0 Å². The molecule has 0 aliphatic carbocycles. The van der Waals surface area contributed by atoms with Gasteiger partial charge in [-0.1, -0.05) is 51.3 Å². The topological polar surface area (TPSA) is 0 Å². The molecule has 2 rings (SSSR count). The van der Waals surface area contributed by atoms with Crippen molar-refractivity contribution in [2.75, 3.05) is 0 Å². The smallest absolute Gasteiger partial charge is 0.163 e. The van der Waals surface area contributed by atoms with Crippen molar-refractivity contribution in [2.24, 2.45) is 0 Å². The van der Waals surface area contributed by atoms with Crippen molar-refractivity contribution in [1.82, 2.24) is 0 Å². The average Bonchev–Trinajstić information content (AvgIpc) is 2.35. The summed E-state index contributed by atoms with van der Waals surface area (Å²) in [5.41, 5.74) is 0.771. The van der Waals surface area contributed by atoms with E-state index >= 15 is 0 Å². The van der Waals surface area contributed by atoms with Gasteiger partial charge < -0.3 is 0 Å². The number of hydrogen-bond donors (Lipinski definition) is 0. The van der Waals surface area contributed by atoms with E-state index in [1.165, 1.54) is 12.1 Å². The third-order valence-electron chi connectivity index (χ3n) is 2.49. The number of halogens is 5. The molecule has 0 saturated carbocycles. The van der Waals surface area contributed by atoms with E-state index in [1.807, 2.05) is 0 Å². The molecule has 94 valence electrons. The third kappa shape index (κ3) is 2.68. The molecule has 0 N–H and O–H groups in total. The molecule has 0 aliphatic rings. The number of hydrogen-bond acceptors (Lipinski definition) is 0. The molecule has 0 aliphatic heterocycles. The van der Waals surface area contributed by atoms with Crippen molar-refractivity contribution in [3.8, 4) is 0 Å². The van der Waals surface area contributed by atoms with E-state index in [-0.39, 0.29) is 5.56 Å². The molecular weight excluding hydrogens is 345 g/mol. The molecule has 2 aromatic carbocycles. The van der Waals surface area contributed by atoms with Crippen LogP contribution in [0.25, 0.3) is 0 Å². The van der Waals surface area contributed by atoms with Crippen LogP contribution in [0.5, 0.6) is 0 Å². The molecule has 0 bridgehead atoms. The standard InChI is InChI=1S/C13H7BrCl2F2/c14-12(8-2-1-3-11(17)13(8)18)9-6-7(15)4-5-10(9)16/h1-6,12H. The van der Waals surface area contributed by atoms with Crippen LogP contribution in [0, 0.1) is 11.6 Å². The van der Waals surface area contributed by atoms with Gasteiger partial charge in [0.1, 0.15) is 0 Å². The minimum Gasteiger partial charge on any atom is -0.204 e. The Hall–Kier alpha value is -0.640. The molecule has 0 aromatic heterocycles. The molecule has 0 spiro atoms. The van der Waals surface area contributed by atoms with Gasteiger partial charge in [-0.2, -0.15) is 0 Å². The van der Waals surface area contributed by atoms with E-state index in [0.717, 1.165) is 6.07 Å². The third-order valence-corrected chi connectivity index (χ3v) is 4.05. The van der Waals surface area contributed by atoms with Gasteiger partial charge in [0.15, 0.2) is 11.6 Å². The molecule has 0 amide bonds. The summed E-state index contributed by atoms with van der Waals surface area (Å²) in [6, 6.07) is 8.88. The van der Waals surface area contributed by atoms with Gasteiger partial charge in [0.05, 0.1) is 4.83 Å². The van der Waals surface area contributed by atoms with Gasteiger partial charge in [0, 0.05) is 15.6 Å². The lowest BCUT2D eigenvalue weighted by atomic mass is 10.0. The summed E-state index contributed by atoms with van der Waals surface area (Å²) in [5.74, 6) is -1.79. The summed E-state index contributed by atoms with van der Waals surface area (Å²) >= 11 is 15.2. The van der Waals surface area contributed by atoms with Crippen molar-refractivity contribution in [2.45, 2.75) is 4.83 Å². The first-order valence-corrected chi connectivity index (χ1v) is 6.71. The maximum atomic E-state index is 13.7. The molecule has 18 heavy (non-hydrogen) atoms. The minimum atomic E-state index is -0.893. The first-order chi connectivity index (χ1) is 8.50. The number of alkyl halides is 1. The van der Waals surface area contributed by atoms with Crippen LogP contribution in [-0.4, -0.2) is 0 Å². The highest BCUT2D eigenvalue weighted by Gasteiger charge is 2.19. The molecule has 2 aromatic rings. The van der Waals surface area contributed by atoms with Crippen LogP contribution in [0.4, 0.5) is 8.78 Å². The first-order valence-electron chi connectivity index (χ1n) is 5.03. The second kappa shape index (κ2) is 5.55. The van der Waals surface area contributed by atoms with Crippen molar-refractivity contribution in [3.05, 3.63) is 69.2 Å². The van der Waals surface area contributed by atoms with Crippen LogP contribution < -0.4 is 0 Å². The van der Waals surface area contributed by atoms with Crippen LogP contribution in [0.2, 0.25) is 10.0 Å². The molecule has 1 atom stereocenters. The van der Waals surface area contributed by atoms with Crippen LogP contribution in [0.1, 0.15) is 16.0 Å². The maximum absolute atomic E-state index is 13.7. The van der Waals surface area contributed by atoms with E-state index in [1.54, 1.807) is 18.2 Å². The Morgan fingerprint density at radius 2 is 1.72 bits per heavy atom. The maximum Gasteiger partial charge on any atom is 0.163 e. The van der Waals surface area contributed by atoms with Gasteiger partial charge in [-0.15, -0.1) is 0 Å². The lowest BCUT2D eigenvalue weighted by Gasteiger charge is -2.14. The molecule has 0 heterocycles. The summed E-state index contributed by atoms with van der Waals surface area (Å²) in [4.78, 5) is -0.556. The summed E-state index contributed by atoms with van der Waals surface area (Å²) in [7, 11) is 0. The zero-order valence-corrected chi connectivity index (χ0v) is 12.0. The Labute approximate surface area is 122 Å². The van der Waals surface area contributed by atoms with Gasteiger partial charge in [-0.3, -0.25) is 0 Å². The monoisotopic (exact) mass is 350 g/mol. The lowest BCUT2D eigenvalue weighted by Crippen LogP contribution is -1.99. The van der Waals surface area contributed by atoms with Gasteiger partial charge in [-0.05, 0) is 29.8 Å². The summed E-state index contributed by atoms with van der Waals surface area (Å²) in [6.45, 7) is 0. The second-order valence-corrected chi connectivity index (χ2v) is 5.43. The Kier molecular flexibility index (Phi) is 4.25. The molecule has 0 nitrogen and oxygen atoms in total. The normalized spacial score (nSPS) is 12.5. The number of benzene rings is 2. The predicted molar refractivity (Wildman–Crippen MR) is 73.6 cm³/mol. The minimum absolute atomic E-state index is 0.180. The molecule has 1 unspecified atom stereocenters. The van der Waals surface area contributed by atoms with Crippen molar-refractivity contribution in [1.29, 1.82) is 0 Å². The van der Waals surface area contributed by atoms with Crippen LogP contribution in [-0.2, 0) is 0 Å². The van der Waals surface area contributed by atoms with Crippen molar-refractivity contribution in [3.63, 3.8) is 0 Å². The van der Waals surface area contributed by atoms with E-state index in [4.69, 9.17) is 23.2 Å². The average molecular weight is 352 g/mol. The highest BCUT2D eigenvalue weighted by molar-refractivity contribution is 9.09. The highest BCUT2D eigenvalue weighted by Crippen LogP contribution is 2.37. The van der Waals surface area contributed by atoms with Crippen LogP contribution in [0.15, 0.2) is 36.4 Å². The zero-order valence-electron chi connectivity index (χ0n) is 8.93. The predicted octanol–water partition coefficient (Wildman–Crippen LogP) is 5.76. The molecular formula is C13H7BrCl2F2. The van der Waals surface area contributed by atoms with Crippen molar-refractivity contribution < 1.29 is 8.78 Å². The molecule has 0 radical (unpaired) electrons. The Morgan fingerprint density at radius 1 is 1.00 bits per heavy atom. The second-order valence-electron chi connectivity index (χ2n) is 3.67. The van der Waals surface area contributed by atoms with Gasteiger partial charge in [-0.25, -0.2) is 8.78 Å². The largest absolute Gasteiger partial charge is 0.204 e. The van der Waals surface area contributed by atoms with E-state index in [2.05, 4.69) is 15.9 Å². The zero-order chi connectivity index (χ0) is 13.3. The highest BCUT2D eigenvalue weighted by atomic mass is 79.9. The number of rotatable bonds is 2.